The van der Waals surface area contributed by atoms with Gasteiger partial charge >= 0.3 is 5.97 Å². The average molecular weight is 519 g/mol. The third-order valence-electron chi connectivity index (χ3n) is 6.14. The van der Waals surface area contributed by atoms with E-state index in [1.165, 1.54) is 12.1 Å². The van der Waals surface area contributed by atoms with Gasteiger partial charge < -0.3 is 24.6 Å². The lowest BCUT2D eigenvalue weighted by atomic mass is 10.0. The molecule has 9 heteroatoms. The Kier molecular flexibility index (Phi) is 6.38. The Morgan fingerprint density at radius 1 is 1.11 bits per heavy atom. The topological polar surface area (TPSA) is 81.8 Å². The summed E-state index contributed by atoms with van der Waals surface area (Å²) in [5.74, 6) is 0.0766. The third kappa shape index (κ3) is 4.41. The van der Waals surface area contributed by atoms with Crippen molar-refractivity contribution < 1.29 is 14.3 Å². The lowest BCUT2D eigenvalue weighted by Crippen LogP contribution is -2.29. The zero-order chi connectivity index (χ0) is 25.4. The van der Waals surface area contributed by atoms with Crippen LogP contribution in [0.5, 0.6) is 0 Å². The number of hydrogen-bond acceptors (Lipinski definition) is 5. The number of nitrogens with zero attached hydrogens (tertiary/aromatic N) is 3. The van der Waals surface area contributed by atoms with E-state index in [0.717, 1.165) is 17.1 Å². The lowest BCUT2D eigenvalue weighted by molar-refractivity contribution is 0.0697. The summed E-state index contributed by atoms with van der Waals surface area (Å²) in [7, 11) is 3.98. The van der Waals surface area contributed by atoms with Crippen LogP contribution in [0.3, 0.4) is 0 Å². The molecule has 0 bridgehead atoms. The van der Waals surface area contributed by atoms with Crippen molar-refractivity contribution in [3.8, 4) is 11.3 Å². The summed E-state index contributed by atoms with van der Waals surface area (Å²) in [6.45, 7) is 0. The molecule has 2 N–H and O–H groups in total. The molecule has 4 aromatic rings. The van der Waals surface area contributed by atoms with Gasteiger partial charge in [0.25, 0.3) is 0 Å². The van der Waals surface area contributed by atoms with Crippen LogP contribution >= 0.6 is 23.8 Å². The fraction of sp³-hybridized carbons (Fsp3) is 0.148. The smallest absolute Gasteiger partial charge is 0.335 e. The van der Waals surface area contributed by atoms with Gasteiger partial charge in [0.2, 0.25) is 0 Å². The molecule has 182 valence electrons. The minimum atomic E-state index is -1.03. The molecular formula is C27H23ClN4O3S. The second kappa shape index (κ2) is 9.64. The maximum Gasteiger partial charge on any atom is 0.335 e. The molecule has 2 aromatic heterocycles. The number of pyridine rings is 1. The molecule has 0 saturated carbocycles. The number of furan rings is 1. The van der Waals surface area contributed by atoms with Crippen molar-refractivity contribution in [3.05, 3.63) is 101 Å². The van der Waals surface area contributed by atoms with Gasteiger partial charge in [-0.2, -0.15) is 0 Å². The van der Waals surface area contributed by atoms with E-state index in [0.29, 0.717) is 27.2 Å². The van der Waals surface area contributed by atoms with Gasteiger partial charge in [0.15, 0.2) is 5.11 Å². The predicted octanol–water partition coefficient (Wildman–Crippen LogP) is 5.94. The number of aromatic carboxylic acids is 1. The fourth-order valence-corrected chi connectivity index (χ4v) is 4.89. The molecule has 0 spiro atoms. The van der Waals surface area contributed by atoms with E-state index >= 15 is 0 Å². The largest absolute Gasteiger partial charge is 0.478 e. The van der Waals surface area contributed by atoms with Crippen LogP contribution in [-0.2, 0) is 0 Å². The first-order valence-corrected chi connectivity index (χ1v) is 12.0. The molecule has 5 rings (SSSR count). The molecule has 1 aliphatic rings. The highest BCUT2D eigenvalue weighted by molar-refractivity contribution is 7.80. The van der Waals surface area contributed by atoms with Crippen LogP contribution in [0.2, 0.25) is 5.02 Å². The third-order valence-corrected chi connectivity index (χ3v) is 6.78. The first-order valence-electron chi connectivity index (χ1n) is 11.2. The molecule has 1 fully saturated rings. The van der Waals surface area contributed by atoms with Crippen LogP contribution in [0.4, 0.5) is 11.4 Å². The first kappa shape index (κ1) is 23.8. The zero-order valence-corrected chi connectivity index (χ0v) is 21.1. The molecule has 2 atom stereocenters. The highest BCUT2D eigenvalue weighted by atomic mass is 35.5. The van der Waals surface area contributed by atoms with Crippen molar-refractivity contribution in [1.29, 1.82) is 0 Å². The summed E-state index contributed by atoms with van der Waals surface area (Å²) in [6.07, 6.45) is 1.75. The van der Waals surface area contributed by atoms with E-state index in [2.05, 4.69) is 10.3 Å². The summed E-state index contributed by atoms with van der Waals surface area (Å²) < 4.78 is 6.33. The van der Waals surface area contributed by atoms with Gasteiger partial charge in [-0.1, -0.05) is 17.7 Å². The molecule has 0 unspecified atom stereocenters. The van der Waals surface area contributed by atoms with Gasteiger partial charge in [-0.25, -0.2) is 4.79 Å². The highest BCUT2D eigenvalue weighted by Gasteiger charge is 2.42. The Morgan fingerprint density at radius 3 is 2.56 bits per heavy atom. The number of thiocarbonyl (C=S) groups is 1. The van der Waals surface area contributed by atoms with Crippen LogP contribution in [0.1, 0.15) is 33.9 Å². The second-order valence-corrected chi connectivity index (χ2v) is 9.40. The summed E-state index contributed by atoms with van der Waals surface area (Å²) in [6, 6.07) is 21.5. The summed E-state index contributed by atoms with van der Waals surface area (Å²) >= 11 is 12.2. The van der Waals surface area contributed by atoms with E-state index in [4.69, 9.17) is 28.2 Å². The SMILES string of the molecule is CN(C)c1ccc(N2C(=S)N[C@@H](c3ccccn3)[C@H]2c2ccc(-c3cc(C(=O)O)ccc3Cl)o2)cc1. The van der Waals surface area contributed by atoms with Crippen LogP contribution in [-0.4, -0.2) is 35.3 Å². The number of aromatic nitrogens is 1. The van der Waals surface area contributed by atoms with E-state index in [1.54, 1.807) is 18.3 Å². The molecular weight excluding hydrogens is 496 g/mol. The van der Waals surface area contributed by atoms with E-state index in [-0.39, 0.29) is 17.6 Å². The number of anilines is 2. The zero-order valence-electron chi connectivity index (χ0n) is 19.6. The number of halogens is 1. The average Bonchev–Trinajstić information content (AvgIpc) is 3.49. The fourth-order valence-electron chi connectivity index (χ4n) is 4.34. The van der Waals surface area contributed by atoms with Crippen molar-refractivity contribution in [1.82, 2.24) is 10.3 Å². The number of carboxylic acids is 1. The van der Waals surface area contributed by atoms with Crippen molar-refractivity contribution in [2.75, 3.05) is 23.9 Å². The van der Waals surface area contributed by atoms with Gasteiger partial charge in [0.1, 0.15) is 17.6 Å². The Morgan fingerprint density at radius 2 is 1.89 bits per heavy atom. The number of benzene rings is 2. The van der Waals surface area contributed by atoms with E-state index in [1.807, 2.05) is 72.4 Å². The van der Waals surface area contributed by atoms with Crippen molar-refractivity contribution >= 4 is 46.3 Å². The molecule has 1 aliphatic heterocycles. The van der Waals surface area contributed by atoms with Crippen LogP contribution in [0, 0.1) is 0 Å². The summed E-state index contributed by atoms with van der Waals surface area (Å²) in [5, 5.41) is 13.8. The molecule has 0 amide bonds. The maximum atomic E-state index is 11.5. The van der Waals surface area contributed by atoms with Gasteiger partial charge in [0, 0.05) is 37.2 Å². The van der Waals surface area contributed by atoms with Crippen LogP contribution < -0.4 is 15.1 Å². The second-order valence-electron chi connectivity index (χ2n) is 8.61. The number of carbonyl (C=O) groups is 1. The Bertz CT molecular complexity index is 1420. The van der Waals surface area contributed by atoms with Crippen molar-refractivity contribution in [3.63, 3.8) is 0 Å². The molecule has 2 aromatic carbocycles. The van der Waals surface area contributed by atoms with E-state index in [9.17, 15) is 9.90 Å². The number of rotatable bonds is 6. The number of carboxylic acid groups (broad SMARTS) is 1. The van der Waals surface area contributed by atoms with Crippen molar-refractivity contribution in [2.24, 2.45) is 0 Å². The monoisotopic (exact) mass is 518 g/mol. The molecule has 7 nitrogen and oxygen atoms in total. The quantitative estimate of drug-likeness (QED) is 0.304. The minimum absolute atomic E-state index is 0.130. The van der Waals surface area contributed by atoms with Crippen molar-refractivity contribution in [2.45, 2.75) is 12.1 Å². The van der Waals surface area contributed by atoms with Gasteiger partial charge in [-0.15, -0.1) is 0 Å². The lowest BCUT2D eigenvalue weighted by Gasteiger charge is -2.26. The number of hydrogen-bond donors (Lipinski definition) is 2. The molecule has 36 heavy (non-hydrogen) atoms. The van der Waals surface area contributed by atoms with Crippen LogP contribution in [0.25, 0.3) is 11.3 Å². The van der Waals surface area contributed by atoms with Gasteiger partial charge in [-0.3, -0.25) is 4.98 Å². The number of nitrogens with one attached hydrogen (secondary N) is 1. The normalized spacial score (nSPS) is 17.2. The predicted molar refractivity (Wildman–Crippen MR) is 145 cm³/mol. The molecule has 0 radical (unpaired) electrons. The minimum Gasteiger partial charge on any atom is -0.478 e. The summed E-state index contributed by atoms with van der Waals surface area (Å²) in [4.78, 5) is 20.1. The molecule has 3 heterocycles. The van der Waals surface area contributed by atoms with Gasteiger partial charge in [-0.05, 0) is 78.9 Å². The van der Waals surface area contributed by atoms with Gasteiger partial charge in [0.05, 0.1) is 22.3 Å². The molecule has 1 saturated heterocycles. The first-order chi connectivity index (χ1) is 17.3. The maximum absolute atomic E-state index is 11.5. The Labute approximate surface area is 218 Å². The van der Waals surface area contributed by atoms with E-state index < -0.39 is 5.97 Å². The summed E-state index contributed by atoms with van der Waals surface area (Å²) in [5.41, 5.74) is 3.44. The standard InChI is InChI=1S/C27H23ClN4O3S/c1-31(2)17-7-9-18(10-8-17)32-25(24(30-27(32)36)21-5-3-4-14-29-21)23-13-12-22(35-23)19-15-16(26(33)34)6-11-20(19)28/h3-15,24-25H,1-2H3,(H,30,36)(H,33,34)/t24-,25+/m0/s1. The van der Waals surface area contributed by atoms with Crippen LogP contribution in [0.15, 0.2) is 83.4 Å². The Balaban J connectivity index is 1.59. The highest BCUT2D eigenvalue weighted by Crippen LogP contribution is 2.43. The Hall–Kier alpha value is -3.88. The molecule has 0 aliphatic carbocycles.